The lowest BCUT2D eigenvalue weighted by Gasteiger charge is -2.66. The average Bonchev–Trinajstić information content (AvgIpc) is 3.02. The summed E-state index contributed by atoms with van der Waals surface area (Å²) in [5.41, 5.74) is 0.851. The largest absolute Gasteiger partial charge is 0.478 e. The van der Waals surface area contributed by atoms with E-state index >= 15 is 0 Å². The van der Waals surface area contributed by atoms with E-state index in [9.17, 15) is 14.7 Å². The van der Waals surface area contributed by atoms with Gasteiger partial charge in [-0.2, -0.15) is 0 Å². The van der Waals surface area contributed by atoms with Crippen LogP contribution in [-0.2, 0) is 9.59 Å². The van der Waals surface area contributed by atoms with Gasteiger partial charge in [-0.25, -0.2) is 4.79 Å². The number of hydrogen-bond acceptors (Lipinski definition) is 3. The first-order valence-corrected chi connectivity index (χ1v) is 13.8. The van der Waals surface area contributed by atoms with Crippen molar-refractivity contribution in [2.75, 3.05) is 0 Å². The fraction of sp³-hybridized carbons (Fsp3) is 0.867. The van der Waals surface area contributed by atoms with Gasteiger partial charge >= 0.3 is 5.97 Å². The van der Waals surface area contributed by atoms with Gasteiger partial charge in [0.25, 0.3) is 0 Å². The van der Waals surface area contributed by atoms with E-state index in [0.717, 1.165) is 12.8 Å². The van der Waals surface area contributed by atoms with Crippen LogP contribution in [0.1, 0.15) is 106 Å². The van der Waals surface area contributed by atoms with Crippen molar-refractivity contribution in [2.45, 2.75) is 112 Å². The van der Waals surface area contributed by atoms with Gasteiger partial charge in [-0.3, -0.25) is 4.79 Å². The summed E-state index contributed by atoms with van der Waals surface area (Å²) in [7, 11) is 0. The van der Waals surface area contributed by atoms with Crippen molar-refractivity contribution >= 4 is 11.8 Å². The first-order chi connectivity index (χ1) is 15.7. The Morgan fingerprint density at radius 3 is 2.29 bits per heavy atom. The lowest BCUT2D eigenvalue weighted by atomic mass is 9.38. The third kappa shape index (κ3) is 3.64. The highest BCUT2D eigenvalue weighted by Crippen LogP contribution is 2.74. The molecular formula is C30H48O4. The van der Waals surface area contributed by atoms with Crippen LogP contribution in [0.25, 0.3) is 0 Å². The first kappa shape index (κ1) is 25.9. The van der Waals surface area contributed by atoms with Crippen LogP contribution in [-0.4, -0.2) is 28.1 Å². The van der Waals surface area contributed by atoms with Gasteiger partial charge < -0.3 is 10.2 Å². The lowest BCUT2D eigenvalue weighted by molar-refractivity contribution is -0.183. The minimum Gasteiger partial charge on any atom is -0.478 e. The minimum absolute atomic E-state index is 0.190. The summed E-state index contributed by atoms with van der Waals surface area (Å²) in [6.07, 6.45) is 10.6. The predicted octanol–water partition coefficient (Wildman–Crippen LogP) is 6.66. The molecule has 0 saturated heterocycles. The maximum Gasteiger partial charge on any atom is 0.331 e. The highest BCUT2D eigenvalue weighted by Gasteiger charge is 2.67. The predicted molar refractivity (Wildman–Crippen MR) is 135 cm³/mol. The number of aliphatic hydroxyl groups excluding tert-OH is 1. The maximum atomic E-state index is 12.8. The Morgan fingerprint density at radius 2 is 1.65 bits per heavy atom. The highest BCUT2D eigenvalue weighted by atomic mass is 16.4. The standard InChI is InChI=1S/C30H48O4/c1-18(16-20(31)17-19(2)26(33)34)21-10-14-30(7)23-8-9-24-27(3,4)25(32)12-13-28(24,5)22(23)11-15-29(21,30)6/h17-18,20-24,31H,8-16H2,1-7H3,(H,33,34)/b19-17+/t18-,20-,21+,22-,23+,24+,28-,29-,30-/m1/s1. The molecule has 0 aromatic heterocycles. The van der Waals surface area contributed by atoms with Crippen molar-refractivity contribution in [2.24, 2.45) is 51.2 Å². The monoisotopic (exact) mass is 472 g/mol. The summed E-state index contributed by atoms with van der Waals surface area (Å²) < 4.78 is 0. The number of aliphatic carboxylic acids is 1. The smallest absolute Gasteiger partial charge is 0.331 e. The number of Topliss-reactive ketones (excluding diaryl/α,β-unsaturated/α-hetero) is 1. The molecule has 4 saturated carbocycles. The van der Waals surface area contributed by atoms with Gasteiger partial charge in [0.15, 0.2) is 0 Å². The molecule has 0 radical (unpaired) electrons. The van der Waals surface area contributed by atoms with E-state index in [0.29, 0.717) is 47.2 Å². The second-order valence-electron chi connectivity index (χ2n) is 13.9. The van der Waals surface area contributed by atoms with Gasteiger partial charge in [-0.05, 0) is 110 Å². The number of rotatable bonds is 5. The number of hydrogen-bond donors (Lipinski definition) is 2. The van der Waals surface area contributed by atoms with Gasteiger partial charge in [0.05, 0.1) is 6.10 Å². The Labute approximate surface area is 207 Å². The zero-order chi connectivity index (χ0) is 25.3. The van der Waals surface area contributed by atoms with Crippen molar-refractivity contribution in [1.82, 2.24) is 0 Å². The van der Waals surface area contributed by atoms with E-state index in [2.05, 4.69) is 41.5 Å². The number of fused-ring (bicyclic) bond motifs is 5. The van der Waals surface area contributed by atoms with Crippen molar-refractivity contribution in [3.8, 4) is 0 Å². The number of carbonyl (C=O) groups excluding carboxylic acids is 1. The number of carboxylic acid groups (broad SMARTS) is 1. The van der Waals surface area contributed by atoms with E-state index in [1.54, 1.807) is 6.92 Å². The molecule has 4 nitrogen and oxygen atoms in total. The fourth-order valence-corrected chi connectivity index (χ4v) is 10.2. The topological polar surface area (TPSA) is 74.6 Å². The van der Waals surface area contributed by atoms with E-state index in [4.69, 9.17) is 5.11 Å². The van der Waals surface area contributed by atoms with Crippen LogP contribution in [0.5, 0.6) is 0 Å². The Balaban J connectivity index is 1.56. The van der Waals surface area contributed by atoms with E-state index in [1.807, 2.05) is 0 Å². The lowest BCUT2D eigenvalue weighted by Crippen LogP contribution is -2.61. The molecule has 4 fully saturated rings. The molecule has 0 aromatic rings. The summed E-state index contributed by atoms with van der Waals surface area (Å²) in [5.74, 6) is 2.36. The van der Waals surface area contributed by atoms with Crippen LogP contribution in [0.3, 0.4) is 0 Å². The Hall–Kier alpha value is -1.16. The summed E-state index contributed by atoms with van der Waals surface area (Å²) in [5, 5.41) is 19.8. The Kier molecular flexibility index (Phi) is 6.45. The highest BCUT2D eigenvalue weighted by molar-refractivity contribution is 5.86. The molecule has 4 aliphatic carbocycles. The van der Waals surface area contributed by atoms with E-state index in [1.165, 1.54) is 44.6 Å². The second kappa shape index (κ2) is 8.46. The molecule has 9 atom stereocenters. The maximum absolute atomic E-state index is 12.8. The Bertz CT molecular complexity index is 873. The van der Waals surface area contributed by atoms with Crippen LogP contribution in [0.4, 0.5) is 0 Å². The molecule has 4 heteroatoms. The van der Waals surface area contributed by atoms with Gasteiger partial charge in [0.2, 0.25) is 0 Å². The molecule has 192 valence electrons. The summed E-state index contributed by atoms with van der Waals surface area (Å²) in [6, 6.07) is 0. The average molecular weight is 473 g/mol. The minimum atomic E-state index is -0.956. The van der Waals surface area contributed by atoms with E-state index in [-0.39, 0.29) is 21.8 Å². The van der Waals surface area contributed by atoms with Crippen molar-refractivity contribution in [3.63, 3.8) is 0 Å². The molecule has 2 N–H and O–H groups in total. The van der Waals surface area contributed by atoms with Crippen molar-refractivity contribution in [1.29, 1.82) is 0 Å². The van der Waals surface area contributed by atoms with Gasteiger partial charge in [0, 0.05) is 17.4 Å². The third-order valence-corrected chi connectivity index (χ3v) is 12.3. The fourth-order valence-electron chi connectivity index (χ4n) is 10.2. The molecule has 34 heavy (non-hydrogen) atoms. The third-order valence-electron chi connectivity index (χ3n) is 12.3. The molecule has 0 aliphatic heterocycles. The van der Waals surface area contributed by atoms with Crippen LogP contribution < -0.4 is 0 Å². The molecule has 0 unspecified atom stereocenters. The zero-order valence-electron chi connectivity index (χ0n) is 22.6. The Morgan fingerprint density at radius 1 is 1.00 bits per heavy atom. The summed E-state index contributed by atoms with van der Waals surface area (Å²) >= 11 is 0. The summed E-state index contributed by atoms with van der Waals surface area (Å²) in [6.45, 7) is 15.9. The first-order valence-electron chi connectivity index (χ1n) is 13.8. The summed E-state index contributed by atoms with van der Waals surface area (Å²) in [4.78, 5) is 24.0. The van der Waals surface area contributed by atoms with Gasteiger partial charge in [-0.15, -0.1) is 0 Å². The van der Waals surface area contributed by atoms with Gasteiger partial charge in [-0.1, -0.05) is 41.5 Å². The molecule has 0 amide bonds. The van der Waals surface area contributed by atoms with Gasteiger partial charge in [0.1, 0.15) is 5.78 Å². The zero-order valence-corrected chi connectivity index (χ0v) is 22.6. The van der Waals surface area contributed by atoms with Crippen LogP contribution >= 0.6 is 0 Å². The second-order valence-corrected chi connectivity index (χ2v) is 13.9. The number of carbonyl (C=O) groups is 2. The molecule has 4 aliphatic rings. The SMILES string of the molecule is C/C(=C\[C@H](O)C[C@@H](C)[C@@H]1CC[C@]2(C)[C@H]3CC[C@H]4C(C)(C)C(=O)CC[C@]4(C)[C@@H]3CC[C@]12C)C(=O)O. The molecule has 0 heterocycles. The number of aliphatic hydroxyl groups is 1. The van der Waals surface area contributed by atoms with Crippen molar-refractivity contribution < 1.29 is 19.8 Å². The molecule has 0 spiro atoms. The molecular weight excluding hydrogens is 424 g/mol. The van der Waals surface area contributed by atoms with Crippen LogP contribution in [0.2, 0.25) is 0 Å². The number of ketones is 1. The number of carboxylic acids is 1. The molecule has 4 rings (SSSR count). The van der Waals surface area contributed by atoms with Crippen LogP contribution in [0.15, 0.2) is 11.6 Å². The quantitative estimate of drug-likeness (QED) is 0.439. The van der Waals surface area contributed by atoms with E-state index < -0.39 is 12.1 Å². The molecule has 0 bridgehead atoms. The molecule has 0 aromatic carbocycles. The van der Waals surface area contributed by atoms with Crippen LogP contribution in [0, 0.1) is 51.2 Å². The normalized spacial score (nSPS) is 45.6. The van der Waals surface area contributed by atoms with Crippen molar-refractivity contribution in [3.05, 3.63) is 11.6 Å².